The lowest BCUT2D eigenvalue weighted by Crippen LogP contribution is -2.33. The average Bonchev–Trinajstić information content (AvgIpc) is 2.66. The minimum atomic E-state index is -0.394. The number of amides is 1. The molecule has 1 amide bonds. The summed E-state index contributed by atoms with van der Waals surface area (Å²) in [5.74, 6) is -0.189. The van der Waals surface area contributed by atoms with Crippen LogP contribution in [0.25, 0.3) is 0 Å². The molecule has 4 nitrogen and oxygen atoms in total. The Labute approximate surface area is 77.2 Å². The van der Waals surface area contributed by atoms with Crippen molar-refractivity contribution in [2.24, 2.45) is 0 Å². The van der Waals surface area contributed by atoms with Gasteiger partial charge in [0.05, 0.1) is 24.5 Å². The second-order valence-electron chi connectivity index (χ2n) is 2.83. The van der Waals surface area contributed by atoms with E-state index in [9.17, 15) is 4.79 Å². The summed E-state index contributed by atoms with van der Waals surface area (Å²) in [6.45, 7) is 2.42. The van der Waals surface area contributed by atoms with Crippen LogP contribution in [0.5, 0.6) is 0 Å². The molecule has 13 heavy (non-hydrogen) atoms. The molecule has 0 radical (unpaired) electrons. The maximum Gasteiger partial charge on any atom is 0.251 e. The molecular weight excluding hydrogens is 168 g/mol. The molecule has 0 aromatic rings. The molecule has 4 heteroatoms. The number of carbonyl (C=O) groups excluding carboxylic acids is 1. The lowest BCUT2D eigenvalue weighted by molar-refractivity contribution is -0.117. The molecule has 70 valence electrons. The Balaban J connectivity index is 2.45. The minimum Gasteiger partial charge on any atom is -0.500 e. The summed E-state index contributed by atoms with van der Waals surface area (Å²) in [6, 6.07) is 1.61. The van der Waals surface area contributed by atoms with Gasteiger partial charge in [0.1, 0.15) is 6.04 Å². The summed E-state index contributed by atoms with van der Waals surface area (Å²) in [5, 5.41) is 11.2. The van der Waals surface area contributed by atoms with Gasteiger partial charge in [-0.15, -0.1) is 0 Å². The highest BCUT2D eigenvalue weighted by Gasteiger charge is 2.16. The number of hydrogen-bond acceptors (Lipinski definition) is 3. The molecule has 1 aliphatic heterocycles. The van der Waals surface area contributed by atoms with Crippen molar-refractivity contribution >= 4 is 5.91 Å². The van der Waals surface area contributed by atoms with Gasteiger partial charge in [0.2, 0.25) is 0 Å². The van der Waals surface area contributed by atoms with E-state index in [-0.39, 0.29) is 5.91 Å². The van der Waals surface area contributed by atoms with E-state index in [0.717, 1.165) is 0 Å². The first-order valence-corrected chi connectivity index (χ1v) is 4.29. The van der Waals surface area contributed by atoms with Crippen molar-refractivity contribution in [1.29, 1.82) is 5.26 Å². The van der Waals surface area contributed by atoms with Gasteiger partial charge in [0, 0.05) is 6.42 Å². The van der Waals surface area contributed by atoms with E-state index in [1.54, 1.807) is 0 Å². The minimum absolute atomic E-state index is 0.189. The van der Waals surface area contributed by atoms with Crippen LogP contribution < -0.4 is 5.32 Å². The van der Waals surface area contributed by atoms with Crippen molar-refractivity contribution in [2.45, 2.75) is 25.8 Å². The number of rotatable bonds is 3. The van der Waals surface area contributed by atoms with Crippen LogP contribution in [0.1, 0.15) is 19.8 Å². The molecule has 1 aliphatic rings. The predicted octanol–water partition coefficient (Wildman–Crippen LogP) is 0.709. The Morgan fingerprint density at radius 1 is 1.92 bits per heavy atom. The van der Waals surface area contributed by atoms with Crippen LogP contribution in [-0.2, 0) is 9.53 Å². The molecule has 0 spiro atoms. The second kappa shape index (κ2) is 4.51. The molecule has 0 aromatic heterocycles. The zero-order valence-electron chi connectivity index (χ0n) is 7.54. The van der Waals surface area contributed by atoms with Crippen LogP contribution in [0.3, 0.4) is 0 Å². The number of nitrogens with zero attached hydrogens (tertiary/aromatic N) is 1. The molecule has 0 unspecified atom stereocenters. The summed E-state index contributed by atoms with van der Waals surface area (Å²) in [5.41, 5.74) is 0.619. The SMILES string of the molecule is CC[C@H](C#N)NC(=O)C1=COCC1. The van der Waals surface area contributed by atoms with Gasteiger partial charge in [-0.05, 0) is 6.42 Å². The van der Waals surface area contributed by atoms with Crippen LogP contribution >= 0.6 is 0 Å². The van der Waals surface area contributed by atoms with E-state index < -0.39 is 6.04 Å². The van der Waals surface area contributed by atoms with Crippen molar-refractivity contribution in [2.75, 3.05) is 6.61 Å². The highest BCUT2D eigenvalue weighted by molar-refractivity contribution is 5.93. The van der Waals surface area contributed by atoms with E-state index in [1.807, 2.05) is 13.0 Å². The molecule has 0 saturated heterocycles. The summed E-state index contributed by atoms with van der Waals surface area (Å²) in [4.78, 5) is 11.4. The molecule has 0 saturated carbocycles. The monoisotopic (exact) mass is 180 g/mol. The Bertz CT molecular complexity index is 265. The Morgan fingerprint density at radius 3 is 3.15 bits per heavy atom. The van der Waals surface area contributed by atoms with Crippen molar-refractivity contribution in [3.8, 4) is 6.07 Å². The lowest BCUT2D eigenvalue weighted by Gasteiger charge is -2.08. The molecule has 1 heterocycles. The number of ether oxygens (including phenoxy) is 1. The van der Waals surface area contributed by atoms with Gasteiger partial charge in [-0.25, -0.2) is 0 Å². The number of nitrogens with one attached hydrogen (secondary N) is 1. The molecule has 0 fully saturated rings. The third kappa shape index (κ3) is 2.48. The number of hydrogen-bond donors (Lipinski definition) is 1. The van der Waals surface area contributed by atoms with Crippen molar-refractivity contribution in [1.82, 2.24) is 5.32 Å². The van der Waals surface area contributed by atoms with Gasteiger partial charge in [0.15, 0.2) is 0 Å². The van der Waals surface area contributed by atoms with Gasteiger partial charge in [0.25, 0.3) is 5.91 Å². The predicted molar refractivity (Wildman–Crippen MR) is 46.5 cm³/mol. The summed E-state index contributed by atoms with van der Waals surface area (Å²) in [6.07, 6.45) is 2.71. The third-order valence-corrected chi connectivity index (χ3v) is 1.88. The first kappa shape index (κ1) is 9.59. The normalized spacial score (nSPS) is 16.8. The van der Waals surface area contributed by atoms with E-state index in [2.05, 4.69) is 5.32 Å². The largest absolute Gasteiger partial charge is 0.500 e. The van der Waals surface area contributed by atoms with Gasteiger partial charge in [-0.3, -0.25) is 4.79 Å². The van der Waals surface area contributed by atoms with Crippen molar-refractivity contribution in [3.63, 3.8) is 0 Å². The van der Waals surface area contributed by atoms with Crippen LogP contribution in [0.15, 0.2) is 11.8 Å². The molecule has 0 bridgehead atoms. The van der Waals surface area contributed by atoms with E-state index in [0.29, 0.717) is 25.0 Å². The second-order valence-corrected chi connectivity index (χ2v) is 2.83. The first-order valence-electron chi connectivity index (χ1n) is 4.29. The molecule has 1 rings (SSSR count). The Kier molecular flexibility index (Phi) is 3.32. The number of nitriles is 1. The molecule has 0 aromatic carbocycles. The standard InChI is InChI=1S/C9H12N2O2/c1-2-8(5-10)11-9(12)7-3-4-13-6-7/h6,8H,2-4H2,1H3,(H,11,12)/t8-/m1/s1. The summed E-state index contributed by atoms with van der Waals surface area (Å²) >= 11 is 0. The van der Waals surface area contributed by atoms with Crippen molar-refractivity contribution < 1.29 is 9.53 Å². The zero-order chi connectivity index (χ0) is 9.68. The smallest absolute Gasteiger partial charge is 0.251 e. The molecule has 1 N–H and O–H groups in total. The van der Waals surface area contributed by atoms with Gasteiger partial charge >= 0.3 is 0 Å². The van der Waals surface area contributed by atoms with Gasteiger partial charge in [-0.1, -0.05) is 6.92 Å². The first-order chi connectivity index (χ1) is 6.27. The van der Waals surface area contributed by atoms with E-state index >= 15 is 0 Å². The molecular formula is C9H12N2O2. The average molecular weight is 180 g/mol. The van der Waals surface area contributed by atoms with Crippen LogP contribution in [-0.4, -0.2) is 18.6 Å². The Hall–Kier alpha value is -1.50. The topological polar surface area (TPSA) is 62.1 Å². The maximum atomic E-state index is 11.4. The van der Waals surface area contributed by atoms with Gasteiger partial charge in [-0.2, -0.15) is 5.26 Å². The fourth-order valence-electron chi connectivity index (χ4n) is 1.03. The van der Waals surface area contributed by atoms with E-state index in [1.165, 1.54) is 6.26 Å². The highest BCUT2D eigenvalue weighted by atomic mass is 16.5. The fourth-order valence-corrected chi connectivity index (χ4v) is 1.03. The zero-order valence-corrected chi connectivity index (χ0v) is 7.54. The van der Waals surface area contributed by atoms with Crippen LogP contribution in [0.4, 0.5) is 0 Å². The summed E-state index contributed by atoms with van der Waals surface area (Å²) in [7, 11) is 0. The summed E-state index contributed by atoms with van der Waals surface area (Å²) < 4.78 is 4.92. The lowest BCUT2D eigenvalue weighted by atomic mass is 10.2. The van der Waals surface area contributed by atoms with Crippen molar-refractivity contribution in [3.05, 3.63) is 11.8 Å². The van der Waals surface area contributed by atoms with E-state index in [4.69, 9.17) is 10.00 Å². The fraction of sp³-hybridized carbons (Fsp3) is 0.556. The molecule has 0 aliphatic carbocycles. The Morgan fingerprint density at radius 2 is 2.69 bits per heavy atom. The van der Waals surface area contributed by atoms with Crippen LogP contribution in [0, 0.1) is 11.3 Å². The molecule has 1 atom stereocenters. The van der Waals surface area contributed by atoms with Crippen LogP contribution in [0.2, 0.25) is 0 Å². The maximum absolute atomic E-state index is 11.4. The third-order valence-electron chi connectivity index (χ3n) is 1.88. The quantitative estimate of drug-likeness (QED) is 0.695. The highest BCUT2D eigenvalue weighted by Crippen LogP contribution is 2.10. The number of carbonyl (C=O) groups is 1. The van der Waals surface area contributed by atoms with Gasteiger partial charge < -0.3 is 10.1 Å².